The first kappa shape index (κ1) is 14.9. The van der Waals surface area contributed by atoms with Crippen LogP contribution in [0.1, 0.15) is 30.1 Å². The predicted molar refractivity (Wildman–Crippen MR) is 84.6 cm³/mol. The van der Waals surface area contributed by atoms with Crippen molar-refractivity contribution in [3.63, 3.8) is 0 Å². The fourth-order valence-electron chi connectivity index (χ4n) is 2.31. The summed E-state index contributed by atoms with van der Waals surface area (Å²) < 4.78 is 6.79. The van der Waals surface area contributed by atoms with Crippen molar-refractivity contribution in [1.82, 2.24) is 4.90 Å². The molecule has 1 heterocycles. The summed E-state index contributed by atoms with van der Waals surface area (Å²) in [4.78, 5) is 14.4. The van der Waals surface area contributed by atoms with Crippen LogP contribution in [0.4, 0.5) is 0 Å². The van der Waals surface area contributed by atoms with Crippen LogP contribution >= 0.6 is 22.6 Å². The van der Waals surface area contributed by atoms with Crippen molar-refractivity contribution in [3.05, 3.63) is 33.4 Å². The first-order valence-corrected chi connectivity index (χ1v) is 7.89. The Morgan fingerprint density at radius 1 is 1.42 bits per heavy atom. The molecule has 1 saturated heterocycles. The number of nitrogens with zero attached hydrogens (tertiary/aromatic N) is 1. The van der Waals surface area contributed by atoms with Gasteiger partial charge in [-0.3, -0.25) is 9.69 Å². The Morgan fingerprint density at radius 2 is 2.16 bits per heavy atom. The Labute approximate surface area is 128 Å². The van der Waals surface area contributed by atoms with Crippen molar-refractivity contribution in [1.29, 1.82) is 0 Å². The zero-order valence-electron chi connectivity index (χ0n) is 11.3. The lowest BCUT2D eigenvalue weighted by atomic mass is 10.1. The number of carbonyl (C=O) groups is 1. The summed E-state index contributed by atoms with van der Waals surface area (Å²) in [7, 11) is 0. The molecule has 4 heteroatoms. The summed E-state index contributed by atoms with van der Waals surface area (Å²) in [6, 6.07) is 7.77. The Kier molecular flexibility index (Phi) is 5.78. The minimum absolute atomic E-state index is 0.191. The van der Waals surface area contributed by atoms with E-state index in [4.69, 9.17) is 4.74 Å². The second-order valence-corrected chi connectivity index (χ2v) is 6.14. The standard InChI is InChI=1S/C15H20INO2/c1-2-17(10-14-4-3-9-19-14)11-15(18)12-5-7-13(16)8-6-12/h5-8,14H,2-4,9-11H2,1H3. The van der Waals surface area contributed by atoms with Gasteiger partial charge in [-0.05, 0) is 54.1 Å². The second-order valence-electron chi connectivity index (χ2n) is 4.89. The zero-order chi connectivity index (χ0) is 13.7. The van der Waals surface area contributed by atoms with Crippen molar-refractivity contribution in [2.24, 2.45) is 0 Å². The van der Waals surface area contributed by atoms with E-state index in [1.165, 1.54) is 0 Å². The highest BCUT2D eigenvalue weighted by Gasteiger charge is 2.20. The second kappa shape index (κ2) is 7.36. The molecule has 0 aliphatic carbocycles. The number of hydrogen-bond donors (Lipinski definition) is 0. The van der Waals surface area contributed by atoms with Crippen LogP contribution in [-0.4, -0.2) is 43.0 Å². The molecule has 3 nitrogen and oxygen atoms in total. The number of halogens is 1. The molecule has 104 valence electrons. The van der Waals surface area contributed by atoms with E-state index >= 15 is 0 Å². The van der Waals surface area contributed by atoms with E-state index in [9.17, 15) is 4.79 Å². The van der Waals surface area contributed by atoms with E-state index in [1.807, 2.05) is 24.3 Å². The summed E-state index contributed by atoms with van der Waals surface area (Å²) in [6.07, 6.45) is 2.58. The van der Waals surface area contributed by atoms with Crippen LogP contribution in [-0.2, 0) is 4.74 Å². The van der Waals surface area contributed by atoms with Gasteiger partial charge >= 0.3 is 0 Å². The quantitative estimate of drug-likeness (QED) is 0.567. The Hall–Kier alpha value is -0.460. The highest BCUT2D eigenvalue weighted by molar-refractivity contribution is 14.1. The summed E-state index contributed by atoms with van der Waals surface area (Å²) in [6.45, 7) is 5.20. The van der Waals surface area contributed by atoms with E-state index in [-0.39, 0.29) is 5.78 Å². The maximum Gasteiger partial charge on any atom is 0.176 e. The summed E-state index contributed by atoms with van der Waals surface area (Å²) in [5, 5.41) is 0. The van der Waals surface area contributed by atoms with Gasteiger partial charge in [0, 0.05) is 22.3 Å². The van der Waals surface area contributed by atoms with Gasteiger partial charge in [-0.1, -0.05) is 19.1 Å². The van der Waals surface area contributed by atoms with Crippen LogP contribution in [0.15, 0.2) is 24.3 Å². The molecular formula is C15H20INO2. The van der Waals surface area contributed by atoms with Crippen molar-refractivity contribution in [3.8, 4) is 0 Å². The number of ether oxygens (including phenoxy) is 1. The van der Waals surface area contributed by atoms with Gasteiger partial charge in [-0.2, -0.15) is 0 Å². The average Bonchev–Trinajstić information content (AvgIpc) is 2.91. The number of ketones is 1. The number of likely N-dealkylation sites (N-methyl/N-ethyl adjacent to an activating group) is 1. The molecule has 0 saturated carbocycles. The Balaban J connectivity index is 1.89. The van der Waals surface area contributed by atoms with E-state index in [2.05, 4.69) is 34.4 Å². The molecule has 1 aromatic carbocycles. The fraction of sp³-hybridized carbons (Fsp3) is 0.533. The monoisotopic (exact) mass is 373 g/mol. The third kappa shape index (κ3) is 4.54. The molecule has 2 rings (SSSR count). The van der Waals surface area contributed by atoms with Gasteiger partial charge in [0.2, 0.25) is 0 Å². The molecule has 0 bridgehead atoms. The first-order valence-electron chi connectivity index (χ1n) is 6.81. The van der Waals surface area contributed by atoms with Gasteiger partial charge in [0.15, 0.2) is 5.78 Å². The molecule has 1 unspecified atom stereocenters. The SMILES string of the molecule is CCN(CC(=O)c1ccc(I)cc1)CC1CCCO1. The van der Waals surface area contributed by atoms with Gasteiger partial charge in [-0.25, -0.2) is 0 Å². The first-order chi connectivity index (χ1) is 9.19. The van der Waals surface area contributed by atoms with Crippen LogP contribution in [0.5, 0.6) is 0 Å². The largest absolute Gasteiger partial charge is 0.377 e. The average molecular weight is 373 g/mol. The number of rotatable bonds is 6. The highest BCUT2D eigenvalue weighted by Crippen LogP contribution is 2.14. The lowest BCUT2D eigenvalue weighted by Crippen LogP contribution is -2.36. The predicted octanol–water partition coefficient (Wildman–Crippen LogP) is 2.97. The third-order valence-electron chi connectivity index (χ3n) is 3.47. The molecule has 1 atom stereocenters. The summed E-state index contributed by atoms with van der Waals surface area (Å²) >= 11 is 2.25. The lowest BCUT2D eigenvalue weighted by Gasteiger charge is -2.22. The molecule has 19 heavy (non-hydrogen) atoms. The van der Waals surface area contributed by atoms with Crippen molar-refractivity contribution in [2.75, 3.05) is 26.2 Å². The van der Waals surface area contributed by atoms with Crippen molar-refractivity contribution in [2.45, 2.75) is 25.9 Å². The topological polar surface area (TPSA) is 29.5 Å². The molecule has 0 spiro atoms. The van der Waals surface area contributed by atoms with E-state index in [0.29, 0.717) is 12.6 Å². The smallest absolute Gasteiger partial charge is 0.176 e. The molecule has 0 N–H and O–H groups in total. The van der Waals surface area contributed by atoms with Crippen LogP contribution < -0.4 is 0 Å². The minimum Gasteiger partial charge on any atom is -0.377 e. The van der Waals surface area contributed by atoms with Gasteiger partial charge in [0.05, 0.1) is 12.6 Å². The fourth-order valence-corrected chi connectivity index (χ4v) is 2.67. The summed E-state index contributed by atoms with van der Waals surface area (Å²) in [5.41, 5.74) is 0.797. The summed E-state index contributed by atoms with van der Waals surface area (Å²) in [5.74, 6) is 0.191. The zero-order valence-corrected chi connectivity index (χ0v) is 13.4. The molecule has 1 aromatic rings. The Bertz CT molecular complexity index is 413. The third-order valence-corrected chi connectivity index (χ3v) is 4.19. The van der Waals surface area contributed by atoms with E-state index in [0.717, 1.165) is 41.7 Å². The molecule has 1 aliphatic rings. The molecule has 0 radical (unpaired) electrons. The molecule has 1 aliphatic heterocycles. The van der Waals surface area contributed by atoms with Crippen LogP contribution in [0.25, 0.3) is 0 Å². The Morgan fingerprint density at radius 3 is 2.74 bits per heavy atom. The lowest BCUT2D eigenvalue weighted by molar-refractivity contribution is 0.0686. The maximum absolute atomic E-state index is 12.2. The van der Waals surface area contributed by atoms with Gasteiger partial charge < -0.3 is 4.74 Å². The minimum atomic E-state index is 0.191. The molecule has 1 fully saturated rings. The molecular weight excluding hydrogens is 353 g/mol. The van der Waals surface area contributed by atoms with Crippen molar-refractivity contribution >= 4 is 28.4 Å². The van der Waals surface area contributed by atoms with Gasteiger partial charge in [0.1, 0.15) is 0 Å². The van der Waals surface area contributed by atoms with Crippen LogP contribution in [0.3, 0.4) is 0 Å². The number of benzene rings is 1. The van der Waals surface area contributed by atoms with Gasteiger partial charge in [-0.15, -0.1) is 0 Å². The molecule has 0 amide bonds. The number of hydrogen-bond acceptors (Lipinski definition) is 3. The number of Topliss-reactive ketones (excluding diaryl/α,β-unsaturated/α-hetero) is 1. The molecule has 0 aromatic heterocycles. The van der Waals surface area contributed by atoms with Gasteiger partial charge in [0.25, 0.3) is 0 Å². The van der Waals surface area contributed by atoms with E-state index in [1.54, 1.807) is 0 Å². The van der Waals surface area contributed by atoms with Crippen molar-refractivity contribution < 1.29 is 9.53 Å². The van der Waals surface area contributed by atoms with E-state index < -0.39 is 0 Å². The highest BCUT2D eigenvalue weighted by atomic mass is 127. The number of carbonyl (C=O) groups excluding carboxylic acids is 1. The maximum atomic E-state index is 12.2. The normalized spacial score (nSPS) is 19.0. The van der Waals surface area contributed by atoms with Crippen LogP contribution in [0.2, 0.25) is 0 Å². The van der Waals surface area contributed by atoms with Crippen LogP contribution in [0, 0.1) is 3.57 Å².